The van der Waals surface area contributed by atoms with Crippen molar-refractivity contribution >= 4 is 65.4 Å². The van der Waals surface area contributed by atoms with Gasteiger partial charge < -0.3 is 0 Å². The maximum Gasteiger partial charge on any atom is 0.119 e. The third-order valence-electron chi connectivity index (χ3n) is 4.92. The van der Waals surface area contributed by atoms with Crippen LogP contribution >= 0.6 is 31.9 Å². The number of nitrogens with zero attached hydrogens (tertiary/aromatic N) is 2. The van der Waals surface area contributed by atoms with Gasteiger partial charge in [0, 0.05) is 25.5 Å². The first-order chi connectivity index (χ1) is 14.7. The molecule has 146 valence electrons. The van der Waals surface area contributed by atoms with Crippen LogP contribution in [0.3, 0.4) is 0 Å². The molecule has 0 amide bonds. The molecule has 0 atom stereocenters. The molecule has 1 aliphatic rings. The number of nitrogens with one attached hydrogen (secondary N) is 2. The molecule has 30 heavy (non-hydrogen) atoms. The Morgan fingerprint density at radius 2 is 0.967 bits per heavy atom. The van der Waals surface area contributed by atoms with Crippen LogP contribution in [0.1, 0.15) is 11.1 Å². The Kier molecular flexibility index (Phi) is 5.11. The molecular formula is C24H16Br2N4. The maximum atomic E-state index is 4.74. The van der Waals surface area contributed by atoms with Crippen molar-refractivity contribution in [2.45, 2.75) is 0 Å². The minimum absolute atomic E-state index is 0.814. The van der Waals surface area contributed by atoms with Gasteiger partial charge in [0.2, 0.25) is 0 Å². The SMILES string of the molecule is Brc1ccc(NN=C2/C(=N/Nc3ccc(Br)cc3)c3cccc4cccc2c34)cc1. The van der Waals surface area contributed by atoms with Crippen molar-refractivity contribution in [1.82, 2.24) is 0 Å². The second-order valence-corrected chi connectivity index (χ2v) is 8.70. The van der Waals surface area contributed by atoms with Gasteiger partial charge in [-0.15, -0.1) is 0 Å². The lowest BCUT2D eigenvalue weighted by Crippen LogP contribution is -2.14. The Labute approximate surface area is 191 Å². The van der Waals surface area contributed by atoms with Gasteiger partial charge in [0.05, 0.1) is 11.4 Å². The first-order valence-electron chi connectivity index (χ1n) is 9.40. The molecule has 0 radical (unpaired) electrons. The zero-order valence-electron chi connectivity index (χ0n) is 15.7. The number of hydrogen-bond donors (Lipinski definition) is 2. The van der Waals surface area contributed by atoms with Gasteiger partial charge in [-0.3, -0.25) is 10.9 Å². The van der Waals surface area contributed by atoms with Gasteiger partial charge in [-0.2, -0.15) is 10.2 Å². The molecular weight excluding hydrogens is 504 g/mol. The van der Waals surface area contributed by atoms with E-state index in [0.29, 0.717) is 0 Å². The highest BCUT2D eigenvalue weighted by molar-refractivity contribution is 9.10. The lowest BCUT2D eigenvalue weighted by molar-refractivity contribution is 1.32. The van der Waals surface area contributed by atoms with Crippen LogP contribution in [-0.2, 0) is 0 Å². The van der Waals surface area contributed by atoms with Gasteiger partial charge in [-0.05, 0) is 53.9 Å². The monoisotopic (exact) mass is 518 g/mol. The molecule has 0 fully saturated rings. The average molecular weight is 520 g/mol. The Balaban J connectivity index is 1.57. The van der Waals surface area contributed by atoms with Crippen LogP contribution in [0, 0.1) is 0 Å². The largest absolute Gasteiger partial charge is 0.278 e. The van der Waals surface area contributed by atoms with E-state index in [1.165, 1.54) is 10.8 Å². The molecule has 5 rings (SSSR count). The third kappa shape index (κ3) is 3.64. The summed E-state index contributed by atoms with van der Waals surface area (Å²) < 4.78 is 2.05. The van der Waals surface area contributed by atoms with E-state index in [1.807, 2.05) is 48.5 Å². The fourth-order valence-electron chi connectivity index (χ4n) is 3.51. The normalized spacial score (nSPS) is 15.1. The van der Waals surface area contributed by atoms with Gasteiger partial charge in [0.15, 0.2) is 0 Å². The van der Waals surface area contributed by atoms with Crippen molar-refractivity contribution in [3.8, 4) is 0 Å². The van der Waals surface area contributed by atoms with E-state index >= 15 is 0 Å². The van der Waals surface area contributed by atoms with Crippen LogP contribution in [0.2, 0.25) is 0 Å². The molecule has 4 aromatic carbocycles. The predicted octanol–water partition coefficient (Wildman–Crippen LogP) is 7.01. The minimum Gasteiger partial charge on any atom is -0.278 e. The van der Waals surface area contributed by atoms with E-state index in [0.717, 1.165) is 42.9 Å². The zero-order chi connectivity index (χ0) is 20.5. The van der Waals surface area contributed by atoms with Crippen molar-refractivity contribution < 1.29 is 0 Å². The summed E-state index contributed by atoms with van der Waals surface area (Å²) in [5.74, 6) is 0. The lowest BCUT2D eigenvalue weighted by Gasteiger charge is -2.06. The van der Waals surface area contributed by atoms with Crippen molar-refractivity contribution in [2.24, 2.45) is 10.2 Å². The van der Waals surface area contributed by atoms with E-state index in [-0.39, 0.29) is 0 Å². The summed E-state index contributed by atoms with van der Waals surface area (Å²) in [5, 5.41) is 11.8. The van der Waals surface area contributed by atoms with Crippen LogP contribution in [0.5, 0.6) is 0 Å². The molecule has 0 bridgehead atoms. The fraction of sp³-hybridized carbons (Fsp3) is 0. The summed E-state index contributed by atoms with van der Waals surface area (Å²) in [5.41, 5.74) is 12.0. The maximum absolute atomic E-state index is 4.74. The number of hydrogen-bond acceptors (Lipinski definition) is 4. The van der Waals surface area contributed by atoms with Crippen molar-refractivity contribution in [3.63, 3.8) is 0 Å². The highest BCUT2D eigenvalue weighted by Gasteiger charge is 2.27. The van der Waals surface area contributed by atoms with Crippen LogP contribution in [0.4, 0.5) is 11.4 Å². The summed E-state index contributed by atoms with van der Waals surface area (Å²) in [6, 6.07) is 28.4. The second-order valence-electron chi connectivity index (χ2n) is 6.87. The Morgan fingerprint density at radius 3 is 1.40 bits per heavy atom. The fourth-order valence-corrected chi connectivity index (χ4v) is 4.04. The number of hydrazone groups is 2. The van der Waals surface area contributed by atoms with E-state index in [1.54, 1.807) is 0 Å². The Bertz CT molecular complexity index is 1200. The van der Waals surface area contributed by atoms with E-state index in [9.17, 15) is 0 Å². The Hall–Kier alpha value is -2.96. The molecule has 0 unspecified atom stereocenters. The topological polar surface area (TPSA) is 48.8 Å². The first-order valence-corrected chi connectivity index (χ1v) is 11.0. The summed E-state index contributed by atoms with van der Waals surface area (Å²) in [7, 11) is 0. The summed E-state index contributed by atoms with van der Waals surface area (Å²) >= 11 is 6.93. The smallest absolute Gasteiger partial charge is 0.119 e. The van der Waals surface area contributed by atoms with Crippen LogP contribution in [0.15, 0.2) is 104 Å². The molecule has 0 aliphatic heterocycles. The molecule has 0 saturated carbocycles. The van der Waals surface area contributed by atoms with Crippen LogP contribution in [0.25, 0.3) is 10.8 Å². The summed E-state index contributed by atoms with van der Waals surface area (Å²) in [4.78, 5) is 0. The molecule has 4 aromatic rings. The molecule has 1 aliphatic carbocycles. The molecule has 2 N–H and O–H groups in total. The summed E-state index contributed by atoms with van der Waals surface area (Å²) in [6.45, 7) is 0. The molecule has 0 aromatic heterocycles. The molecule has 0 saturated heterocycles. The summed E-state index contributed by atoms with van der Waals surface area (Å²) in [6.07, 6.45) is 0. The van der Waals surface area contributed by atoms with Crippen LogP contribution < -0.4 is 10.9 Å². The van der Waals surface area contributed by atoms with Crippen molar-refractivity contribution in [3.05, 3.63) is 105 Å². The van der Waals surface area contributed by atoms with Crippen molar-refractivity contribution in [2.75, 3.05) is 10.9 Å². The predicted molar refractivity (Wildman–Crippen MR) is 133 cm³/mol. The quantitative estimate of drug-likeness (QED) is 0.285. The minimum atomic E-state index is 0.814. The van der Waals surface area contributed by atoms with E-state index in [4.69, 9.17) is 10.2 Å². The highest BCUT2D eigenvalue weighted by atomic mass is 79.9. The van der Waals surface area contributed by atoms with E-state index in [2.05, 4.69) is 79.1 Å². The van der Waals surface area contributed by atoms with Gasteiger partial charge in [-0.1, -0.05) is 68.3 Å². The molecule has 0 heterocycles. The number of anilines is 2. The number of halogens is 2. The number of rotatable bonds is 4. The van der Waals surface area contributed by atoms with Gasteiger partial charge in [-0.25, -0.2) is 0 Å². The highest BCUT2D eigenvalue weighted by Crippen LogP contribution is 2.32. The molecule has 0 spiro atoms. The average Bonchev–Trinajstić information content (AvgIpc) is 3.08. The van der Waals surface area contributed by atoms with Crippen LogP contribution in [-0.4, -0.2) is 11.4 Å². The molecule has 6 heteroatoms. The van der Waals surface area contributed by atoms with E-state index < -0.39 is 0 Å². The third-order valence-corrected chi connectivity index (χ3v) is 5.98. The zero-order valence-corrected chi connectivity index (χ0v) is 18.9. The first kappa shape index (κ1) is 19.0. The van der Waals surface area contributed by atoms with Crippen molar-refractivity contribution in [1.29, 1.82) is 0 Å². The molecule has 4 nitrogen and oxygen atoms in total. The standard InChI is InChI=1S/C24H16Br2N4/c25-16-7-11-18(12-8-16)27-29-23-20-5-1-3-15-4-2-6-21(22(15)20)24(23)30-28-19-13-9-17(26)10-14-19/h1-14,27-28H/b29-23+,30-24?. The van der Waals surface area contributed by atoms with Gasteiger partial charge in [0.25, 0.3) is 0 Å². The van der Waals surface area contributed by atoms with Gasteiger partial charge in [0.1, 0.15) is 11.4 Å². The second kappa shape index (κ2) is 8.05. The number of benzene rings is 4. The van der Waals surface area contributed by atoms with Gasteiger partial charge >= 0.3 is 0 Å². The lowest BCUT2D eigenvalue weighted by atomic mass is 10.1. The Morgan fingerprint density at radius 1 is 0.533 bits per heavy atom.